The highest BCUT2D eigenvalue weighted by atomic mass is 79.9. The first kappa shape index (κ1) is 26.9. The first-order valence-electron chi connectivity index (χ1n) is 12.7. The second kappa shape index (κ2) is 11.3. The summed E-state index contributed by atoms with van der Waals surface area (Å²) in [6.45, 7) is 1.13. The molecule has 4 heterocycles. The van der Waals surface area contributed by atoms with Crippen molar-refractivity contribution in [1.82, 2.24) is 24.5 Å². The van der Waals surface area contributed by atoms with Crippen molar-refractivity contribution in [2.45, 2.75) is 32.1 Å². The van der Waals surface area contributed by atoms with Crippen LogP contribution in [0.1, 0.15) is 34.0 Å². The Morgan fingerprint density at radius 1 is 1.10 bits per heavy atom. The minimum atomic E-state index is -1.06. The van der Waals surface area contributed by atoms with Crippen LogP contribution in [0, 0.1) is 11.6 Å². The third-order valence-electron chi connectivity index (χ3n) is 6.76. The number of rotatable bonds is 9. The van der Waals surface area contributed by atoms with E-state index >= 15 is 8.78 Å². The van der Waals surface area contributed by atoms with Gasteiger partial charge in [-0.15, -0.1) is 0 Å². The quantitative estimate of drug-likeness (QED) is 0.227. The van der Waals surface area contributed by atoms with Crippen molar-refractivity contribution in [1.29, 1.82) is 0 Å². The molecule has 0 bridgehead atoms. The lowest BCUT2D eigenvalue weighted by atomic mass is 10.0. The van der Waals surface area contributed by atoms with Crippen molar-refractivity contribution < 1.29 is 28.2 Å². The molecule has 1 aliphatic rings. The number of carboxylic acids is 1. The van der Waals surface area contributed by atoms with E-state index in [9.17, 15) is 9.90 Å². The smallest absolute Gasteiger partial charge is 0.335 e. The van der Waals surface area contributed by atoms with Gasteiger partial charge in [-0.1, -0.05) is 6.07 Å². The molecule has 0 spiro atoms. The van der Waals surface area contributed by atoms with E-state index in [-0.39, 0.29) is 47.4 Å². The zero-order chi connectivity index (χ0) is 28.5. The van der Waals surface area contributed by atoms with E-state index in [2.05, 4.69) is 35.9 Å². The molecular formula is C29H22BrF2N5O4. The number of fused-ring (bicyclic) bond motifs is 1. The van der Waals surface area contributed by atoms with Gasteiger partial charge in [0.15, 0.2) is 5.82 Å². The molecule has 0 aliphatic carbocycles. The number of aromatic carboxylic acids is 1. The van der Waals surface area contributed by atoms with Gasteiger partial charge in [-0.3, -0.25) is 0 Å². The summed E-state index contributed by atoms with van der Waals surface area (Å²) >= 11 is 3.27. The molecule has 0 saturated carbocycles. The van der Waals surface area contributed by atoms with Crippen molar-refractivity contribution in [3.05, 3.63) is 99.8 Å². The summed E-state index contributed by atoms with van der Waals surface area (Å²) in [5.74, 6) is -1.20. The van der Waals surface area contributed by atoms with Crippen molar-refractivity contribution in [2.75, 3.05) is 6.61 Å². The van der Waals surface area contributed by atoms with Crippen LogP contribution in [0.2, 0.25) is 0 Å². The highest BCUT2D eigenvalue weighted by Gasteiger charge is 2.23. The molecule has 1 aliphatic heterocycles. The van der Waals surface area contributed by atoms with Crippen LogP contribution in [-0.2, 0) is 24.3 Å². The van der Waals surface area contributed by atoms with Gasteiger partial charge in [0.2, 0.25) is 5.88 Å². The fourth-order valence-corrected chi connectivity index (χ4v) is 4.77. The topological polar surface area (TPSA) is 112 Å². The van der Waals surface area contributed by atoms with Gasteiger partial charge in [0.1, 0.15) is 24.1 Å². The molecule has 2 aromatic carbocycles. The molecule has 6 rings (SSSR count). The first-order valence-corrected chi connectivity index (χ1v) is 13.5. The Hall–Kier alpha value is -4.29. The van der Waals surface area contributed by atoms with Crippen LogP contribution in [0.25, 0.3) is 22.3 Å². The van der Waals surface area contributed by atoms with Gasteiger partial charge in [0.25, 0.3) is 0 Å². The van der Waals surface area contributed by atoms with Gasteiger partial charge in [-0.25, -0.2) is 33.5 Å². The Morgan fingerprint density at radius 2 is 1.90 bits per heavy atom. The normalized spacial score (nSPS) is 14.7. The van der Waals surface area contributed by atoms with Gasteiger partial charge in [-0.05, 0) is 64.3 Å². The average molecular weight is 622 g/mol. The van der Waals surface area contributed by atoms with E-state index in [1.807, 2.05) is 4.57 Å². The second-order valence-electron chi connectivity index (χ2n) is 9.50. The molecule has 1 saturated heterocycles. The summed E-state index contributed by atoms with van der Waals surface area (Å²) in [7, 11) is 0. The van der Waals surface area contributed by atoms with Crippen molar-refractivity contribution >= 4 is 32.9 Å². The van der Waals surface area contributed by atoms with Crippen LogP contribution in [0.15, 0.2) is 65.4 Å². The third kappa shape index (κ3) is 5.79. The van der Waals surface area contributed by atoms with Gasteiger partial charge in [0, 0.05) is 37.1 Å². The molecule has 3 aromatic heterocycles. The monoisotopic (exact) mass is 621 g/mol. The number of aromatic nitrogens is 5. The number of halogens is 3. The number of carboxylic acid groups (broad SMARTS) is 1. The lowest BCUT2D eigenvalue weighted by Gasteiger charge is -2.27. The Bertz CT molecular complexity index is 1760. The van der Waals surface area contributed by atoms with Crippen molar-refractivity contribution in [3.63, 3.8) is 0 Å². The maximum Gasteiger partial charge on any atom is 0.335 e. The Kier molecular flexibility index (Phi) is 7.41. The molecule has 208 valence electrons. The van der Waals surface area contributed by atoms with E-state index in [1.54, 1.807) is 36.7 Å². The van der Waals surface area contributed by atoms with Crippen LogP contribution in [-0.4, -0.2) is 48.3 Å². The van der Waals surface area contributed by atoms with Crippen molar-refractivity contribution in [2.24, 2.45) is 0 Å². The minimum Gasteiger partial charge on any atom is -0.478 e. The molecule has 0 unspecified atom stereocenters. The summed E-state index contributed by atoms with van der Waals surface area (Å²) in [6.07, 6.45) is 3.98. The predicted molar refractivity (Wildman–Crippen MR) is 148 cm³/mol. The molecule has 1 fully saturated rings. The molecule has 0 amide bonds. The fourth-order valence-electron chi connectivity index (χ4n) is 4.56. The van der Waals surface area contributed by atoms with Crippen molar-refractivity contribution in [3.8, 4) is 17.1 Å². The number of ether oxygens (including phenoxy) is 2. The van der Waals surface area contributed by atoms with Crippen LogP contribution in [0.4, 0.5) is 8.78 Å². The largest absolute Gasteiger partial charge is 0.478 e. The standard InChI is InChI=1S/C29H22BrF2N5O4/c30-18-12-33-26(34-13-18)15-41-28-3-1-2-23(36-28)20-11-21(31)17(8-22(20)32)10-27-35-24-5-4-16(29(38)39)9-25(24)37(27)14-19-6-7-40-19/h1-5,8-9,11-13,19H,6-7,10,14-15H2,(H,38,39)/t19-/m0/s1. The number of benzene rings is 2. The maximum atomic E-state index is 15.4. The molecule has 1 atom stereocenters. The molecule has 12 heteroatoms. The Morgan fingerprint density at radius 3 is 2.63 bits per heavy atom. The van der Waals surface area contributed by atoms with Gasteiger partial charge >= 0.3 is 5.97 Å². The summed E-state index contributed by atoms with van der Waals surface area (Å²) < 4.78 is 44.6. The van der Waals surface area contributed by atoms with Crippen LogP contribution < -0.4 is 4.74 Å². The molecule has 0 radical (unpaired) electrons. The summed E-state index contributed by atoms with van der Waals surface area (Å²) in [6, 6.07) is 11.7. The lowest BCUT2D eigenvalue weighted by molar-refractivity contribution is -0.0589. The van der Waals surface area contributed by atoms with E-state index in [0.717, 1.165) is 23.0 Å². The number of imidazole rings is 1. The second-order valence-corrected chi connectivity index (χ2v) is 10.4. The van der Waals surface area contributed by atoms with Crippen LogP contribution in [0.5, 0.6) is 5.88 Å². The van der Waals surface area contributed by atoms with Crippen LogP contribution >= 0.6 is 15.9 Å². The third-order valence-corrected chi connectivity index (χ3v) is 7.17. The number of hydrogen-bond acceptors (Lipinski definition) is 7. The number of carbonyl (C=O) groups is 1. The molecular weight excluding hydrogens is 600 g/mol. The lowest BCUT2D eigenvalue weighted by Crippen LogP contribution is -2.31. The van der Waals surface area contributed by atoms with E-state index in [4.69, 9.17) is 9.47 Å². The predicted octanol–water partition coefficient (Wildman–Crippen LogP) is 5.59. The Labute approximate surface area is 241 Å². The average Bonchev–Trinajstić information content (AvgIpc) is 3.28. The van der Waals surface area contributed by atoms with Gasteiger partial charge < -0.3 is 19.1 Å². The molecule has 1 N–H and O–H groups in total. The van der Waals surface area contributed by atoms with Gasteiger partial charge in [0.05, 0.1) is 39.4 Å². The first-order chi connectivity index (χ1) is 19.8. The summed E-state index contributed by atoms with van der Waals surface area (Å²) in [5.41, 5.74) is 1.58. The SMILES string of the molecule is O=C(O)c1ccc2nc(Cc3cc(F)c(-c4cccc(OCc5ncc(Br)cn5)n4)cc3F)n(C[C@@H]3CCO3)c2c1. The molecule has 9 nitrogen and oxygen atoms in total. The van der Waals surface area contributed by atoms with E-state index < -0.39 is 17.6 Å². The van der Waals surface area contributed by atoms with E-state index in [0.29, 0.717) is 35.8 Å². The zero-order valence-electron chi connectivity index (χ0n) is 21.4. The number of pyridine rings is 1. The highest BCUT2D eigenvalue weighted by molar-refractivity contribution is 9.10. The molecule has 41 heavy (non-hydrogen) atoms. The minimum absolute atomic E-state index is 0.00337. The number of nitrogens with zero attached hydrogens (tertiary/aromatic N) is 5. The summed E-state index contributed by atoms with van der Waals surface area (Å²) in [4.78, 5) is 28.8. The molecule has 5 aromatic rings. The number of hydrogen-bond donors (Lipinski definition) is 1. The summed E-state index contributed by atoms with van der Waals surface area (Å²) in [5, 5.41) is 9.45. The zero-order valence-corrected chi connectivity index (χ0v) is 23.0. The fraction of sp³-hybridized carbons (Fsp3) is 0.207. The Balaban J connectivity index is 1.27. The van der Waals surface area contributed by atoms with Gasteiger partial charge in [-0.2, -0.15) is 0 Å². The highest BCUT2D eigenvalue weighted by Crippen LogP contribution is 2.29. The van der Waals surface area contributed by atoms with E-state index in [1.165, 1.54) is 12.1 Å². The maximum absolute atomic E-state index is 15.4. The van der Waals surface area contributed by atoms with Crippen LogP contribution in [0.3, 0.4) is 0 Å².